The van der Waals surface area contributed by atoms with E-state index in [0.29, 0.717) is 18.0 Å². The van der Waals surface area contributed by atoms with Gasteiger partial charge < -0.3 is 4.74 Å². The number of ether oxygens (including phenoxy) is 1. The molecule has 5 nitrogen and oxygen atoms in total. The van der Waals surface area contributed by atoms with Crippen molar-refractivity contribution in [3.63, 3.8) is 0 Å². The van der Waals surface area contributed by atoms with Crippen LogP contribution in [0.2, 0.25) is 0 Å². The molecule has 1 heterocycles. The van der Waals surface area contributed by atoms with Crippen molar-refractivity contribution in [1.82, 2.24) is 4.72 Å². The van der Waals surface area contributed by atoms with Gasteiger partial charge in [0.2, 0.25) is 0 Å². The molecule has 1 aliphatic heterocycles. The minimum atomic E-state index is -3.57. The van der Waals surface area contributed by atoms with Crippen LogP contribution in [0.5, 0.6) is 5.75 Å². The molecule has 0 fully saturated rings. The molecule has 0 saturated heterocycles. The van der Waals surface area contributed by atoms with Gasteiger partial charge in [0.15, 0.2) is 0 Å². The first-order chi connectivity index (χ1) is 10.6. The molecule has 0 bridgehead atoms. The Labute approximate surface area is 142 Å². The molecule has 114 valence electrons. The molecule has 0 saturated carbocycles. The van der Waals surface area contributed by atoms with Crippen molar-refractivity contribution >= 4 is 38.5 Å². The van der Waals surface area contributed by atoms with Crippen molar-refractivity contribution in [3.05, 3.63) is 70.1 Å². The number of halogens is 1. The summed E-state index contributed by atoms with van der Waals surface area (Å²) in [5.41, 5.74) is 1.50. The van der Waals surface area contributed by atoms with E-state index in [1.54, 1.807) is 6.07 Å². The molecule has 0 aromatic heterocycles. The van der Waals surface area contributed by atoms with E-state index >= 15 is 0 Å². The first-order valence-corrected chi connectivity index (χ1v) is 9.03. The summed E-state index contributed by atoms with van der Waals surface area (Å²) in [4.78, 5) is 0. The van der Waals surface area contributed by atoms with E-state index in [-0.39, 0.29) is 0 Å². The van der Waals surface area contributed by atoms with E-state index in [4.69, 9.17) is 4.74 Å². The number of hydrogen-bond donors (Lipinski definition) is 1. The lowest BCUT2D eigenvalue weighted by molar-refractivity contribution is 0.307. The summed E-state index contributed by atoms with van der Waals surface area (Å²) in [6.07, 6.45) is 2.85. The molecule has 0 spiro atoms. The van der Waals surface area contributed by atoms with E-state index in [1.807, 2.05) is 42.5 Å². The molecule has 2 aromatic carbocycles. The number of hydrogen-bond acceptors (Lipinski definition) is 3. The van der Waals surface area contributed by atoms with E-state index in [9.17, 15) is 8.42 Å². The van der Waals surface area contributed by atoms with Crippen molar-refractivity contribution < 1.29 is 13.2 Å². The number of benzene rings is 2. The van der Waals surface area contributed by atoms with E-state index < -0.39 is 10.2 Å². The molecule has 2 aromatic rings. The molecular formula is C15H13IN2O3S. The Hall–Kier alpha value is -1.74. The van der Waals surface area contributed by atoms with Crippen molar-refractivity contribution in [1.29, 1.82) is 0 Å². The van der Waals surface area contributed by atoms with Gasteiger partial charge in [-0.25, -0.2) is 4.31 Å². The normalized spacial score (nSPS) is 15.6. The summed E-state index contributed by atoms with van der Waals surface area (Å²) >= 11 is 2.17. The summed E-state index contributed by atoms with van der Waals surface area (Å²) in [5, 5.41) is 0. The number of nitrogens with one attached hydrogen (secondary N) is 1. The lowest BCUT2D eigenvalue weighted by Gasteiger charge is -2.19. The molecule has 1 N–H and O–H groups in total. The van der Waals surface area contributed by atoms with Gasteiger partial charge in [0.05, 0.1) is 0 Å². The zero-order chi connectivity index (χ0) is 15.6. The van der Waals surface area contributed by atoms with Crippen LogP contribution in [0, 0.1) is 3.57 Å². The van der Waals surface area contributed by atoms with E-state index in [1.165, 1.54) is 16.7 Å². The third-order valence-electron chi connectivity index (χ3n) is 3.08. The topological polar surface area (TPSA) is 58.6 Å². The smallest absolute Gasteiger partial charge is 0.327 e. The molecule has 1 aliphatic rings. The lowest BCUT2D eigenvalue weighted by Crippen LogP contribution is -2.28. The standard InChI is InChI=1S/C15H13IN2O3S/c16-13-6-7-14(18-9-8-17-22(18,19)20)15(10-13)21-11-12-4-2-1-3-5-12/h1-10,17H,11H2. The van der Waals surface area contributed by atoms with Gasteiger partial charge in [-0.1, -0.05) is 30.3 Å². The highest BCUT2D eigenvalue weighted by atomic mass is 127. The predicted octanol–water partition coefficient (Wildman–Crippen LogP) is 3.00. The van der Waals surface area contributed by atoms with Crippen LogP contribution < -0.4 is 13.8 Å². The quantitative estimate of drug-likeness (QED) is 0.762. The van der Waals surface area contributed by atoms with Crippen molar-refractivity contribution in [3.8, 4) is 5.75 Å². The second kappa shape index (κ2) is 6.17. The zero-order valence-electron chi connectivity index (χ0n) is 11.4. The molecule has 0 unspecified atom stereocenters. The average molecular weight is 428 g/mol. The molecule has 7 heteroatoms. The number of anilines is 1. The Morgan fingerprint density at radius 2 is 1.91 bits per heavy atom. The van der Waals surface area contributed by atoms with Gasteiger partial charge in [-0.2, -0.15) is 8.42 Å². The number of rotatable bonds is 4. The molecule has 0 amide bonds. The van der Waals surface area contributed by atoms with E-state index in [0.717, 1.165) is 9.13 Å². The van der Waals surface area contributed by atoms with Crippen LogP contribution >= 0.6 is 22.6 Å². The van der Waals surface area contributed by atoms with Crippen LogP contribution in [-0.2, 0) is 16.8 Å². The summed E-state index contributed by atoms with van der Waals surface area (Å²) in [6.45, 7) is 0.374. The second-order valence-corrected chi connectivity index (χ2v) is 7.45. The van der Waals surface area contributed by atoms with Gasteiger partial charge >= 0.3 is 10.2 Å². The van der Waals surface area contributed by atoms with Gasteiger partial charge in [0.1, 0.15) is 18.0 Å². The average Bonchev–Trinajstić information content (AvgIpc) is 2.86. The fourth-order valence-corrected chi connectivity index (χ4v) is 3.49. The van der Waals surface area contributed by atoms with Crippen molar-refractivity contribution in [2.24, 2.45) is 0 Å². The molecular weight excluding hydrogens is 415 g/mol. The van der Waals surface area contributed by atoms with Crippen LogP contribution in [0.4, 0.5) is 5.69 Å². The van der Waals surface area contributed by atoms with E-state index in [2.05, 4.69) is 27.3 Å². The first kappa shape index (κ1) is 15.2. The van der Waals surface area contributed by atoms with Crippen LogP contribution in [0.15, 0.2) is 60.9 Å². The predicted molar refractivity (Wildman–Crippen MR) is 93.6 cm³/mol. The van der Waals surface area contributed by atoms with Crippen molar-refractivity contribution in [2.45, 2.75) is 6.61 Å². The Balaban J connectivity index is 1.90. The fraction of sp³-hybridized carbons (Fsp3) is 0.0667. The van der Waals surface area contributed by atoms with Crippen molar-refractivity contribution in [2.75, 3.05) is 4.31 Å². The number of nitrogens with zero attached hydrogens (tertiary/aromatic N) is 1. The second-order valence-electron chi connectivity index (χ2n) is 4.62. The summed E-state index contributed by atoms with van der Waals surface area (Å²) in [7, 11) is -3.57. The zero-order valence-corrected chi connectivity index (χ0v) is 14.4. The minimum Gasteiger partial charge on any atom is -0.487 e. The Morgan fingerprint density at radius 3 is 2.59 bits per heavy atom. The largest absolute Gasteiger partial charge is 0.487 e. The van der Waals surface area contributed by atoms with Gasteiger partial charge in [-0.15, -0.1) is 0 Å². The van der Waals surface area contributed by atoms with Crippen LogP contribution in [0.25, 0.3) is 0 Å². The molecule has 0 atom stereocenters. The SMILES string of the molecule is O=S1(=O)NC=CN1c1ccc(I)cc1OCc1ccccc1. The molecule has 0 aliphatic carbocycles. The van der Waals surface area contributed by atoms with Crippen LogP contribution in [-0.4, -0.2) is 8.42 Å². The fourth-order valence-electron chi connectivity index (χ4n) is 2.05. The third kappa shape index (κ3) is 3.20. The van der Waals surface area contributed by atoms with Gasteiger partial charge in [0.25, 0.3) is 0 Å². The summed E-state index contributed by atoms with van der Waals surface area (Å²) in [5.74, 6) is 0.521. The highest BCUT2D eigenvalue weighted by molar-refractivity contribution is 14.1. The van der Waals surface area contributed by atoms with Crippen LogP contribution in [0.1, 0.15) is 5.56 Å². The molecule has 22 heavy (non-hydrogen) atoms. The third-order valence-corrected chi connectivity index (χ3v) is 5.02. The molecule has 0 radical (unpaired) electrons. The summed E-state index contributed by atoms with van der Waals surface area (Å²) < 4.78 is 34.2. The van der Waals surface area contributed by atoms with Crippen LogP contribution in [0.3, 0.4) is 0 Å². The highest BCUT2D eigenvalue weighted by Gasteiger charge is 2.26. The summed E-state index contributed by atoms with van der Waals surface area (Å²) in [6, 6.07) is 15.1. The maximum atomic E-state index is 12.0. The monoisotopic (exact) mass is 428 g/mol. The Morgan fingerprint density at radius 1 is 1.14 bits per heavy atom. The van der Waals surface area contributed by atoms with Gasteiger partial charge in [0, 0.05) is 16.0 Å². The maximum absolute atomic E-state index is 12.0. The maximum Gasteiger partial charge on any atom is 0.327 e. The first-order valence-electron chi connectivity index (χ1n) is 6.51. The van der Waals surface area contributed by atoms with Gasteiger partial charge in [-0.05, 0) is 46.4 Å². The Bertz CT molecular complexity index is 807. The van der Waals surface area contributed by atoms with Gasteiger partial charge in [-0.3, -0.25) is 4.72 Å². The highest BCUT2D eigenvalue weighted by Crippen LogP contribution is 2.33. The Kier molecular flexibility index (Phi) is 4.25. The molecule has 3 rings (SSSR count). The lowest BCUT2D eigenvalue weighted by atomic mass is 10.2. The minimum absolute atomic E-state index is 0.374.